The molecule has 0 aromatic heterocycles. The summed E-state index contributed by atoms with van der Waals surface area (Å²) in [6.45, 7) is 5.06. The number of likely N-dealkylation sites (tertiary alicyclic amines) is 1. The molecule has 4 heteroatoms. The van der Waals surface area contributed by atoms with E-state index in [-0.39, 0.29) is 0 Å². The second-order valence-electron chi connectivity index (χ2n) is 6.47. The number of likely N-dealkylation sites (N-methyl/N-ethyl adjacent to an activating group) is 1. The Morgan fingerprint density at radius 2 is 1.85 bits per heavy atom. The molecular weight excluding hydrogens is 252 g/mol. The summed E-state index contributed by atoms with van der Waals surface area (Å²) < 4.78 is 0. The molecule has 0 aromatic carbocycles. The first kappa shape index (κ1) is 15.8. The van der Waals surface area contributed by atoms with Crippen molar-refractivity contribution in [2.24, 2.45) is 0 Å². The zero-order valence-corrected chi connectivity index (χ0v) is 12.9. The molecule has 1 saturated carbocycles. The number of aliphatic carboxylic acids is 1. The van der Waals surface area contributed by atoms with Crippen molar-refractivity contribution in [2.45, 2.75) is 76.3 Å². The van der Waals surface area contributed by atoms with Crippen LogP contribution in [0.5, 0.6) is 0 Å². The van der Waals surface area contributed by atoms with Gasteiger partial charge < -0.3 is 15.3 Å². The lowest BCUT2D eigenvalue weighted by molar-refractivity contribution is -0.147. The molecule has 2 fully saturated rings. The van der Waals surface area contributed by atoms with Crippen LogP contribution in [0.4, 0.5) is 0 Å². The highest BCUT2D eigenvalue weighted by Crippen LogP contribution is 2.32. The fourth-order valence-corrected chi connectivity index (χ4v) is 3.96. The molecular formula is C16H30N2O2. The average Bonchev–Trinajstić information content (AvgIpc) is 2.38. The zero-order chi connectivity index (χ0) is 14.4. The maximum Gasteiger partial charge on any atom is 0.323 e. The molecule has 1 aliphatic heterocycles. The number of rotatable bonds is 4. The van der Waals surface area contributed by atoms with Gasteiger partial charge in [-0.3, -0.25) is 4.79 Å². The van der Waals surface area contributed by atoms with Crippen LogP contribution < -0.4 is 5.32 Å². The van der Waals surface area contributed by atoms with Crippen LogP contribution in [0.3, 0.4) is 0 Å². The summed E-state index contributed by atoms with van der Waals surface area (Å²) in [6.07, 6.45) is 10.3. The van der Waals surface area contributed by atoms with E-state index in [9.17, 15) is 9.90 Å². The van der Waals surface area contributed by atoms with Crippen LogP contribution in [0.25, 0.3) is 0 Å². The molecule has 2 N–H and O–H groups in total. The van der Waals surface area contributed by atoms with E-state index in [0.717, 1.165) is 38.9 Å². The largest absolute Gasteiger partial charge is 0.480 e. The van der Waals surface area contributed by atoms with E-state index in [1.165, 1.54) is 38.5 Å². The van der Waals surface area contributed by atoms with Crippen LogP contribution in [0.1, 0.15) is 64.7 Å². The molecule has 0 spiro atoms. The summed E-state index contributed by atoms with van der Waals surface area (Å²) in [4.78, 5) is 14.3. The number of carbonyl (C=O) groups is 1. The fourth-order valence-electron chi connectivity index (χ4n) is 3.96. The van der Waals surface area contributed by atoms with E-state index in [1.54, 1.807) is 0 Å². The lowest BCUT2D eigenvalue weighted by Gasteiger charge is -2.43. The van der Waals surface area contributed by atoms with Crippen molar-refractivity contribution >= 4 is 5.97 Å². The molecule has 0 aromatic rings. The third-order valence-electron chi connectivity index (χ3n) is 5.06. The molecule has 2 rings (SSSR count). The molecule has 116 valence electrons. The number of hydrogen-bond acceptors (Lipinski definition) is 3. The van der Waals surface area contributed by atoms with Gasteiger partial charge in [-0.2, -0.15) is 0 Å². The molecule has 0 bridgehead atoms. The Balaban J connectivity index is 2.02. The highest BCUT2D eigenvalue weighted by molar-refractivity contribution is 5.79. The minimum absolute atomic E-state index is 0.456. The standard InChI is InChI=1S/C16H30N2O2/c1-2-17-16(15(19)20)10-8-9-14(13-16)18-11-6-4-3-5-7-12-18/h14,17H,2-13H2,1H3,(H,19,20). The summed E-state index contributed by atoms with van der Waals surface area (Å²) in [5, 5.41) is 12.9. The molecule has 2 unspecified atom stereocenters. The van der Waals surface area contributed by atoms with Crippen molar-refractivity contribution in [3.05, 3.63) is 0 Å². The third-order valence-corrected chi connectivity index (χ3v) is 5.06. The van der Waals surface area contributed by atoms with E-state index in [4.69, 9.17) is 0 Å². The van der Waals surface area contributed by atoms with Crippen molar-refractivity contribution in [3.8, 4) is 0 Å². The molecule has 20 heavy (non-hydrogen) atoms. The number of hydrogen-bond donors (Lipinski definition) is 2. The summed E-state index contributed by atoms with van der Waals surface area (Å²) in [5.74, 6) is -0.656. The lowest BCUT2D eigenvalue weighted by atomic mass is 9.78. The number of nitrogens with zero attached hydrogens (tertiary/aromatic N) is 1. The van der Waals surface area contributed by atoms with E-state index in [0.29, 0.717) is 6.04 Å². The van der Waals surface area contributed by atoms with Gasteiger partial charge in [-0.1, -0.05) is 26.2 Å². The normalized spacial score (nSPS) is 33.4. The summed E-state index contributed by atoms with van der Waals surface area (Å²) in [7, 11) is 0. The van der Waals surface area contributed by atoms with Gasteiger partial charge in [0.05, 0.1) is 0 Å². The Hall–Kier alpha value is -0.610. The van der Waals surface area contributed by atoms with Crippen molar-refractivity contribution in [2.75, 3.05) is 19.6 Å². The maximum absolute atomic E-state index is 11.7. The van der Waals surface area contributed by atoms with Gasteiger partial charge in [0, 0.05) is 6.04 Å². The van der Waals surface area contributed by atoms with Crippen LogP contribution in [0.2, 0.25) is 0 Å². The molecule has 2 atom stereocenters. The average molecular weight is 282 g/mol. The van der Waals surface area contributed by atoms with Crippen LogP contribution in [-0.4, -0.2) is 47.2 Å². The molecule has 1 saturated heterocycles. The van der Waals surface area contributed by atoms with E-state index in [2.05, 4.69) is 10.2 Å². The van der Waals surface area contributed by atoms with Crippen molar-refractivity contribution in [1.82, 2.24) is 10.2 Å². The molecule has 0 radical (unpaired) electrons. The number of nitrogens with one attached hydrogen (secondary N) is 1. The van der Waals surface area contributed by atoms with Gasteiger partial charge in [0.15, 0.2) is 0 Å². The molecule has 2 aliphatic rings. The van der Waals surface area contributed by atoms with Gasteiger partial charge in [0.25, 0.3) is 0 Å². The Labute approximate surface area is 122 Å². The van der Waals surface area contributed by atoms with E-state index >= 15 is 0 Å². The third kappa shape index (κ3) is 3.73. The van der Waals surface area contributed by atoms with Gasteiger partial charge in [-0.15, -0.1) is 0 Å². The van der Waals surface area contributed by atoms with Gasteiger partial charge in [0.2, 0.25) is 0 Å². The monoisotopic (exact) mass is 282 g/mol. The van der Waals surface area contributed by atoms with E-state index in [1.807, 2.05) is 6.92 Å². The maximum atomic E-state index is 11.7. The van der Waals surface area contributed by atoms with Gasteiger partial charge >= 0.3 is 5.97 Å². The van der Waals surface area contributed by atoms with Crippen LogP contribution in [-0.2, 0) is 4.79 Å². The highest BCUT2D eigenvalue weighted by atomic mass is 16.4. The molecule has 4 nitrogen and oxygen atoms in total. The van der Waals surface area contributed by atoms with Crippen molar-refractivity contribution in [3.63, 3.8) is 0 Å². The van der Waals surface area contributed by atoms with E-state index < -0.39 is 11.5 Å². The zero-order valence-electron chi connectivity index (χ0n) is 12.9. The predicted octanol–water partition coefficient (Wildman–Crippen LogP) is 2.63. The van der Waals surface area contributed by atoms with Crippen LogP contribution in [0.15, 0.2) is 0 Å². The molecule has 0 amide bonds. The quantitative estimate of drug-likeness (QED) is 0.832. The Morgan fingerprint density at radius 3 is 2.45 bits per heavy atom. The Morgan fingerprint density at radius 1 is 1.20 bits per heavy atom. The molecule has 1 heterocycles. The van der Waals surface area contributed by atoms with Gasteiger partial charge in [0.1, 0.15) is 5.54 Å². The number of carboxylic acids is 1. The fraction of sp³-hybridized carbons (Fsp3) is 0.938. The first-order chi connectivity index (χ1) is 9.68. The minimum atomic E-state index is -0.681. The summed E-state index contributed by atoms with van der Waals surface area (Å²) >= 11 is 0. The Bertz CT molecular complexity index is 310. The topological polar surface area (TPSA) is 52.6 Å². The first-order valence-electron chi connectivity index (χ1n) is 8.40. The Kier molecular flexibility index (Phi) is 5.85. The van der Waals surface area contributed by atoms with Gasteiger partial charge in [-0.25, -0.2) is 0 Å². The first-order valence-corrected chi connectivity index (χ1v) is 8.40. The van der Waals surface area contributed by atoms with Crippen molar-refractivity contribution in [1.29, 1.82) is 0 Å². The van der Waals surface area contributed by atoms with Crippen molar-refractivity contribution < 1.29 is 9.90 Å². The van der Waals surface area contributed by atoms with Crippen LogP contribution >= 0.6 is 0 Å². The lowest BCUT2D eigenvalue weighted by Crippen LogP contribution is -2.58. The predicted molar refractivity (Wildman–Crippen MR) is 81.0 cm³/mol. The van der Waals surface area contributed by atoms with Gasteiger partial charge in [-0.05, 0) is 58.2 Å². The number of carboxylic acid groups (broad SMARTS) is 1. The second kappa shape index (κ2) is 7.41. The minimum Gasteiger partial charge on any atom is -0.480 e. The van der Waals surface area contributed by atoms with Crippen LogP contribution in [0, 0.1) is 0 Å². The SMILES string of the molecule is CCNC1(C(=O)O)CCCC(N2CCCCCCC2)C1. The highest BCUT2D eigenvalue weighted by Gasteiger charge is 2.43. The second-order valence-corrected chi connectivity index (χ2v) is 6.47. The smallest absolute Gasteiger partial charge is 0.323 e. The summed E-state index contributed by atoms with van der Waals surface area (Å²) in [6, 6.07) is 0.456. The molecule has 1 aliphatic carbocycles. The summed E-state index contributed by atoms with van der Waals surface area (Å²) in [5.41, 5.74) is -0.681.